The lowest BCUT2D eigenvalue weighted by Crippen LogP contribution is -2.16. The topological polar surface area (TPSA) is 51.4 Å². The van der Waals surface area contributed by atoms with E-state index in [1.165, 1.54) is 5.56 Å². The predicted octanol–water partition coefficient (Wildman–Crippen LogP) is 3.15. The van der Waals surface area contributed by atoms with Gasteiger partial charge in [-0.1, -0.05) is 28.1 Å². The zero-order chi connectivity index (χ0) is 14.5. The maximum absolute atomic E-state index is 5.76. The van der Waals surface area contributed by atoms with E-state index in [0.29, 0.717) is 13.2 Å². The number of rotatable bonds is 6. The zero-order valence-corrected chi connectivity index (χ0v) is 14.0. The van der Waals surface area contributed by atoms with Crippen molar-refractivity contribution in [2.45, 2.75) is 19.7 Å². The molecule has 0 amide bonds. The van der Waals surface area contributed by atoms with E-state index in [-0.39, 0.29) is 0 Å². The molecule has 2 aromatic rings. The molecule has 6 heteroatoms. The van der Waals surface area contributed by atoms with Crippen LogP contribution in [0.5, 0.6) is 0 Å². The second kappa shape index (κ2) is 7.17. The van der Waals surface area contributed by atoms with E-state index >= 15 is 0 Å². The van der Waals surface area contributed by atoms with Crippen LogP contribution in [0.3, 0.4) is 0 Å². The molecular weight excluding hydrogens is 338 g/mol. The summed E-state index contributed by atoms with van der Waals surface area (Å²) in [4.78, 5) is 7.83. The molecule has 1 aromatic carbocycles. The lowest BCUT2D eigenvalue weighted by atomic mass is 10.2. The van der Waals surface area contributed by atoms with E-state index in [0.717, 1.165) is 26.7 Å². The number of nitrogens with zero attached hydrogens (tertiary/aromatic N) is 2. The van der Waals surface area contributed by atoms with Crippen LogP contribution >= 0.6 is 27.3 Å². The van der Waals surface area contributed by atoms with Crippen molar-refractivity contribution in [3.63, 3.8) is 0 Å². The molecule has 20 heavy (non-hydrogen) atoms. The third kappa shape index (κ3) is 3.79. The van der Waals surface area contributed by atoms with E-state index in [1.54, 1.807) is 18.4 Å². The molecule has 0 fully saturated rings. The van der Waals surface area contributed by atoms with Crippen molar-refractivity contribution in [1.29, 1.82) is 0 Å². The third-order valence-corrected chi connectivity index (χ3v) is 4.60. The zero-order valence-electron chi connectivity index (χ0n) is 11.6. The van der Waals surface area contributed by atoms with Crippen molar-refractivity contribution in [2.24, 2.45) is 5.73 Å². The maximum Gasteiger partial charge on any atom is 0.185 e. The number of aromatic nitrogens is 1. The van der Waals surface area contributed by atoms with E-state index in [9.17, 15) is 0 Å². The van der Waals surface area contributed by atoms with Gasteiger partial charge < -0.3 is 15.4 Å². The molecular formula is C14H18BrN3OS. The molecule has 0 aliphatic carbocycles. The highest BCUT2D eigenvalue weighted by molar-refractivity contribution is 9.10. The number of methoxy groups -OCH3 is 1. The quantitative estimate of drug-likeness (QED) is 0.864. The lowest BCUT2D eigenvalue weighted by Gasteiger charge is -2.15. The van der Waals surface area contributed by atoms with Crippen LogP contribution in [0.2, 0.25) is 0 Å². The fourth-order valence-corrected chi connectivity index (χ4v) is 3.27. The first-order valence-electron chi connectivity index (χ1n) is 6.27. The van der Waals surface area contributed by atoms with Gasteiger partial charge in [0.1, 0.15) is 0 Å². The summed E-state index contributed by atoms with van der Waals surface area (Å²) in [5, 5.41) is 0.970. The minimum atomic E-state index is 0.501. The molecule has 2 rings (SSSR count). The highest BCUT2D eigenvalue weighted by atomic mass is 79.9. The van der Waals surface area contributed by atoms with Gasteiger partial charge in [0.05, 0.1) is 12.3 Å². The fraction of sp³-hybridized carbons (Fsp3) is 0.357. The van der Waals surface area contributed by atoms with Crippen molar-refractivity contribution in [2.75, 3.05) is 19.1 Å². The van der Waals surface area contributed by atoms with Crippen molar-refractivity contribution in [1.82, 2.24) is 4.98 Å². The Bertz CT molecular complexity index is 573. The SMILES string of the molecule is COCc1nc(N(C)Cc2cccc(Br)c2)sc1CN. The Balaban J connectivity index is 2.14. The highest BCUT2D eigenvalue weighted by Gasteiger charge is 2.13. The van der Waals surface area contributed by atoms with Crippen molar-refractivity contribution >= 4 is 32.4 Å². The third-order valence-electron chi connectivity index (χ3n) is 2.87. The van der Waals surface area contributed by atoms with E-state index in [1.807, 2.05) is 19.2 Å². The Morgan fingerprint density at radius 2 is 2.25 bits per heavy atom. The second-order valence-corrected chi connectivity index (χ2v) is 6.47. The Morgan fingerprint density at radius 3 is 2.90 bits per heavy atom. The molecule has 0 bridgehead atoms. The highest BCUT2D eigenvalue weighted by Crippen LogP contribution is 2.27. The number of hydrogen-bond acceptors (Lipinski definition) is 5. The molecule has 0 spiro atoms. The summed E-state index contributed by atoms with van der Waals surface area (Å²) >= 11 is 5.12. The molecule has 2 N–H and O–H groups in total. The monoisotopic (exact) mass is 355 g/mol. The Hall–Kier alpha value is -0.950. The van der Waals surface area contributed by atoms with Crippen LogP contribution in [0.1, 0.15) is 16.1 Å². The van der Waals surface area contributed by atoms with Crippen molar-refractivity contribution in [3.8, 4) is 0 Å². The lowest BCUT2D eigenvalue weighted by molar-refractivity contribution is 0.181. The van der Waals surface area contributed by atoms with Gasteiger partial charge in [0.15, 0.2) is 5.13 Å². The number of benzene rings is 1. The minimum absolute atomic E-state index is 0.501. The van der Waals surface area contributed by atoms with Gasteiger partial charge in [0.2, 0.25) is 0 Å². The fourth-order valence-electron chi connectivity index (χ4n) is 1.92. The Morgan fingerprint density at radius 1 is 1.45 bits per heavy atom. The Kier molecular flexibility index (Phi) is 5.54. The van der Waals surface area contributed by atoms with Gasteiger partial charge in [-0.15, -0.1) is 11.3 Å². The summed E-state index contributed by atoms with van der Waals surface area (Å²) in [5.74, 6) is 0. The standard InChI is InChI=1S/C14H18BrN3OS/c1-18(8-10-4-3-5-11(15)6-10)14-17-12(9-19-2)13(7-16)20-14/h3-6H,7-9,16H2,1-2H3. The van der Waals surface area contributed by atoms with Gasteiger partial charge >= 0.3 is 0 Å². The van der Waals surface area contributed by atoms with Gasteiger partial charge in [-0.2, -0.15) is 0 Å². The first-order chi connectivity index (χ1) is 9.63. The molecule has 0 aliphatic heterocycles. The normalized spacial score (nSPS) is 10.8. The Labute approximate surface area is 131 Å². The molecule has 1 aromatic heterocycles. The molecule has 0 atom stereocenters. The van der Waals surface area contributed by atoms with Gasteiger partial charge in [-0.3, -0.25) is 0 Å². The number of nitrogens with two attached hydrogens (primary N) is 1. The van der Waals surface area contributed by atoms with Gasteiger partial charge in [0.25, 0.3) is 0 Å². The van der Waals surface area contributed by atoms with Crippen LogP contribution in [-0.2, 0) is 24.4 Å². The first kappa shape index (κ1) is 15.4. The summed E-state index contributed by atoms with van der Waals surface area (Å²) in [7, 11) is 3.71. The predicted molar refractivity (Wildman–Crippen MR) is 87.0 cm³/mol. The average molecular weight is 356 g/mol. The van der Waals surface area contributed by atoms with E-state index in [2.05, 4.69) is 37.9 Å². The van der Waals surface area contributed by atoms with Crippen molar-refractivity contribution in [3.05, 3.63) is 44.9 Å². The molecule has 1 heterocycles. The summed E-state index contributed by atoms with van der Waals surface area (Å²) in [6.07, 6.45) is 0. The summed E-state index contributed by atoms with van der Waals surface area (Å²) in [6, 6.07) is 8.28. The second-order valence-electron chi connectivity index (χ2n) is 4.49. The van der Waals surface area contributed by atoms with Crippen LogP contribution in [0.15, 0.2) is 28.7 Å². The summed E-state index contributed by atoms with van der Waals surface area (Å²) in [5.41, 5.74) is 7.93. The van der Waals surface area contributed by atoms with Gasteiger partial charge in [0, 0.05) is 36.6 Å². The van der Waals surface area contributed by atoms with Crippen LogP contribution in [-0.4, -0.2) is 19.1 Å². The first-order valence-corrected chi connectivity index (χ1v) is 7.88. The molecule has 0 unspecified atom stereocenters. The summed E-state index contributed by atoms with van der Waals surface area (Å²) in [6.45, 7) is 1.82. The number of anilines is 1. The van der Waals surface area contributed by atoms with E-state index < -0.39 is 0 Å². The largest absolute Gasteiger partial charge is 0.378 e. The molecule has 0 saturated carbocycles. The van der Waals surface area contributed by atoms with E-state index in [4.69, 9.17) is 10.5 Å². The van der Waals surface area contributed by atoms with Gasteiger partial charge in [-0.25, -0.2) is 4.98 Å². The van der Waals surface area contributed by atoms with Crippen LogP contribution < -0.4 is 10.6 Å². The number of thiazole rings is 1. The molecule has 0 radical (unpaired) electrons. The number of hydrogen-bond donors (Lipinski definition) is 1. The van der Waals surface area contributed by atoms with Crippen LogP contribution in [0.4, 0.5) is 5.13 Å². The molecule has 0 saturated heterocycles. The number of ether oxygens (including phenoxy) is 1. The van der Waals surface area contributed by atoms with Crippen LogP contribution in [0.25, 0.3) is 0 Å². The van der Waals surface area contributed by atoms with Crippen molar-refractivity contribution < 1.29 is 4.74 Å². The van der Waals surface area contributed by atoms with Gasteiger partial charge in [-0.05, 0) is 17.7 Å². The minimum Gasteiger partial charge on any atom is -0.378 e. The molecule has 4 nitrogen and oxygen atoms in total. The average Bonchev–Trinajstić information content (AvgIpc) is 2.82. The summed E-state index contributed by atoms with van der Waals surface area (Å²) < 4.78 is 6.25. The molecule has 108 valence electrons. The number of halogens is 1. The maximum atomic E-state index is 5.76. The van der Waals surface area contributed by atoms with Crippen LogP contribution in [0, 0.1) is 0 Å². The smallest absolute Gasteiger partial charge is 0.185 e. The molecule has 0 aliphatic rings.